The Hall–Kier alpha value is -1.49. The minimum absolute atomic E-state index is 0.0316. The Morgan fingerprint density at radius 1 is 1.43 bits per heavy atom. The molecule has 3 rings (SSSR count). The predicted molar refractivity (Wildman–Crippen MR) is 81.5 cm³/mol. The van der Waals surface area contributed by atoms with E-state index in [1.54, 1.807) is 6.07 Å². The molecule has 1 heterocycles. The molecule has 0 aliphatic heterocycles. The zero-order valence-corrected chi connectivity index (χ0v) is 12.3. The summed E-state index contributed by atoms with van der Waals surface area (Å²) in [4.78, 5) is 4.50. The number of benzene rings is 1. The SMILES string of the molecule is NNC(Cc1ccc(F)cc1Cl)C1CCc2cccnc21. The van der Waals surface area contributed by atoms with Gasteiger partial charge in [0.2, 0.25) is 0 Å². The number of pyridine rings is 1. The van der Waals surface area contributed by atoms with Crippen molar-refractivity contribution in [3.8, 4) is 0 Å². The van der Waals surface area contributed by atoms with Crippen molar-refractivity contribution in [3.63, 3.8) is 0 Å². The average Bonchev–Trinajstić information content (AvgIpc) is 2.91. The Balaban J connectivity index is 1.83. The lowest BCUT2D eigenvalue weighted by Gasteiger charge is -2.23. The van der Waals surface area contributed by atoms with Gasteiger partial charge in [-0.15, -0.1) is 0 Å². The highest BCUT2D eigenvalue weighted by Crippen LogP contribution is 2.35. The lowest BCUT2D eigenvalue weighted by Crippen LogP contribution is -2.41. The van der Waals surface area contributed by atoms with Crippen molar-refractivity contribution in [1.82, 2.24) is 10.4 Å². The van der Waals surface area contributed by atoms with Crippen molar-refractivity contribution in [2.75, 3.05) is 0 Å². The van der Waals surface area contributed by atoms with Gasteiger partial charge in [-0.3, -0.25) is 16.3 Å². The van der Waals surface area contributed by atoms with E-state index in [9.17, 15) is 4.39 Å². The third kappa shape index (κ3) is 2.93. The van der Waals surface area contributed by atoms with Crippen molar-refractivity contribution in [3.05, 3.63) is 64.2 Å². The van der Waals surface area contributed by atoms with Crippen LogP contribution in [0.4, 0.5) is 4.39 Å². The number of nitrogens with one attached hydrogen (secondary N) is 1. The summed E-state index contributed by atoms with van der Waals surface area (Å²) in [7, 11) is 0. The van der Waals surface area contributed by atoms with Crippen LogP contribution >= 0.6 is 11.6 Å². The van der Waals surface area contributed by atoms with Gasteiger partial charge in [-0.1, -0.05) is 23.7 Å². The van der Waals surface area contributed by atoms with Gasteiger partial charge in [0.25, 0.3) is 0 Å². The molecule has 110 valence electrons. The van der Waals surface area contributed by atoms with Crippen molar-refractivity contribution < 1.29 is 4.39 Å². The third-order valence-electron chi connectivity index (χ3n) is 4.16. The van der Waals surface area contributed by atoms with Crippen LogP contribution in [0.25, 0.3) is 0 Å². The molecule has 2 aromatic rings. The summed E-state index contributed by atoms with van der Waals surface area (Å²) in [5.41, 5.74) is 6.17. The summed E-state index contributed by atoms with van der Waals surface area (Å²) < 4.78 is 13.1. The van der Waals surface area contributed by atoms with Crippen LogP contribution in [0.3, 0.4) is 0 Å². The highest BCUT2D eigenvalue weighted by molar-refractivity contribution is 6.31. The van der Waals surface area contributed by atoms with Crippen LogP contribution in [0.15, 0.2) is 36.5 Å². The fourth-order valence-corrected chi connectivity index (χ4v) is 3.32. The Morgan fingerprint density at radius 3 is 3.05 bits per heavy atom. The number of hydrazine groups is 1. The van der Waals surface area contributed by atoms with E-state index in [0.717, 1.165) is 24.1 Å². The molecule has 0 bridgehead atoms. The number of fused-ring (bicyclic) bond motifs is 1. The van der Waals surface area contributed by atoms with Crippen LogP contribution in [0, 0.1) is 5.82 Å². The molecule has 0 saturated carbocycles. The van der Waals surface area contributed by atoms with Gasteiger partial charge in [0.05, 0.1) is 0 Å². The topological polar surface area (TPSA) is 50.9 Å². The number of rotatable bonds is 4. The maximum Gasteiger partial charge on any atom is 0.124 e. The van der Waals surface area contributed by atoms with Gasteiger partial charge in [0.1, 0.15) is 5.82 Å². The first-order chi connectivity index (χ1) is 10.2. The maximum absolute atomic E-state index is 13.1. The lowest BCUT2D eigenvalue weighted by atomic mass is 9.92. The number of nitrogens with zero attached hydrogens (tertiary/aromatic N) is 1. The van der Waals surface area contributed by atoms with E-state index >= 15 is 0 Å². The van der Waals surface area contributed by atoms with Crippen LogP contribution in [-0.4, -0.2) is 11.0 Å². The smallest absolute Gasteiger partial charge is 0.124 e. The number of aryl methyl sites for hydroxylation is 1. The van der Waals surface area contributed by atoms with Crippen LogP contribution in [0.5, 0.6) is 0 Å². The average molecular weight is 306 g/mol. The van der Waals surface area contributed by atoms with Crippen molar-refractivity contribution in [2.45, 2.75) is 31.2 Å². The van der Waals surface area contributed by atoms with Crippen molar-refractivity contribution >= 4 is 11.6 Å². The van der Waals surface area contributed by atoms with Gasteiger partial charge in [-0.2, -0.15) is 0 Å². The molecule has 2 atom stereocenters. The maximum atomic E-state index is 13.1. The summed E-state index contributed by atoms with van der Waals surface area (Å²) in [6.07, 6.45) is 4.50. The van der Waals surface area contributed by atoms with Crippen LogP contribution in [-0.2, 0) is 12.8 Å². The monoisotopic (exact) mass is 305 g/mol. The predicted octanol–water partition coefficient (Wildman–Crippen LogP) is 2.98. The second-order valence-electron chi connectivity index (χ2n) is 5.41. The molecule has 0 amide bonds. The minimum Gasteiger partial charge on any atom is -0.271 e. The Morgan fingerprint density at radius 2 is 2.29 bits per heavy atom. The van der Waals surface area contributed by atoms with Gasteiger partial charge >= 0.3 is 0 Å². The molecule has 0 radical (unpaired) electrons. The highest BCUT2D eigenvalue weighted by Gasteiger charge is 2.30. The lowest BCUT2D eigenvalue weighted by molar-refractivity contribution is 0.429. The third-order valence-corrected chi connectivity index (χ3v) is 4.51. The molecule has 5 heteroatoms. The Labute approximate surface area is 128 Å². The second-order valence-corrected chi connectivity index (χ2v) is 5.81. The molecule has 2 unspecified atom stereocenters. The largest absolute Gasteiger partial charge is 0.271 e. The molecule has 21 heavy (non-hydrogen) atoms. The molecule has 1 aliphatic carbocycles. The molecule has 0 saturated heterocycles. The normalized spacial score (nSPS) is 18.5. The van der Waals surface area contributed by atoms with E-state index in [2.05, 4.69) is 16.5 Å². The number of hydrogen-bond donors (Lipinski definition) is 2. The van der Waals surface area contributed by atoms with Crippen LogP contribution in [0.2, 0.25) is 5.02 Å². The zero-order chi connectivity index (χ0) is 14.8. The van der Waals surface area contributed by atoms with E-state index in [4.69, 9.17) is 17.4 Å². The van der Waals surface area contributed by atoms with Crippen molar-refractivity contribution in [2.24, 2.45) is 5.84 Å². The molecule has 1 aliphatic rings. The van der Waals surface area contributed by atoms with E-state index < -0.39 is 0 Å². The van der Waals surface area contributed by atoms with E-state index in [-0.39, 0.29) is 17.8 Å². The van der Waals surface area contributed by atoms with Gasteiger partial charge in [-0.25, -0.2) is 4.39 Å². The first kappa shape index (κ1) is 14.4. The highest BCUT2D eigenvalue weighted by atomic mass is 35.5. The molecule has 3 N–H and O–H groups in total. The van der Waals surface area contributed by atoms with Gasteiger partial charge in [0, 0.05) is 28.9 Å². The fourth-order valence-electron chi connectivity index (χ4n) is 3.08. The van der Waals surface area contributed by atoms with E-state index in [0.29, 0.717) is 11.4 Å². The van der Waals surface area contributed by atoms with Crippen molar-refractivity contribution in [1.29, 1.82) is 0 Å². The Bertz CT molecular complexity index is 647. The molecule has 1 aromatic carbocycles. The summed E-state index contributed by atoms with van der Waals surface area (Å²) in [6, 6.07) is 8.59. The van der Waals surface area contributed by atoms with Gasteiger partial charge in [0.15, 0.2) is 0 Å². The number of hydrogen-bond acceptors (Lipinski definition) is 3. The molecule has 1 aromatic heterocycles. The van der Waals surface area contributed by atoms with Crippen LogP contribution < -0.4 is 11.3 Å². The summed E-state index contributed by atoms with van der Waals surface area (Å²) >= 11 is 6.11. The standard InChI is InChI=1S/C16H17ClFN3/c17-14-9-12(18)5-3-11(14)8-15(21-19)13-6-4-10-2-1-7-20-16(10)13/h1-3,5,7,9,13,15,21H,4,6,8,19H2. The summed E-state index contributed by atoms with van der Waals surface area (Å²) in [5, 5.41) is 0.439. The number of aromatic nitrogens is 1. The van der Waals surface area contributed by atoms with E-state index in [1.807, 2.05) is 12.3 Å². The fraction of sp³-hybridized carbons (Fsp3) is 0.312. The van der Waals surface area contributed by atoms with Crippen LogP contribution in [0.1, 0.15) is 29.2 Å². The van der Waals surface area contributed by atoms with Gasteiger partial charge in [-0.05, 0) is 48.6 Å². The molecule has 0 fully saturated rings. The number of halogens is 2. The first-order valence-corrected chi connectivity index (χ1v) is 7.40. The second kappa shape index (κ2) is 6.10. The summed E-state index contributed by atoms with van der Waals surface area (Å²) in [5.74, 6) is 5.67. The number of nitrogens with two attached hydrogens (primary N) is 1. The Kier molecular flexibility index (Phi) is 4.19. The molecule has 0 spiro atoms. The quantitative estimate of drug-likeness (QED) is 0.674. The van der Waals surface area contributed by atoms with Gasteiger partial charge < -0.3 is 0 Å². The summed E-state index contributed by atoms with van der Waals surface area (Å²) in [6.45, 7) is 0. The first-order valence-electron chi connectivity index (χ1n) is 7.03. The zero-order valence-electron chi connectivity index (χ0n) is 11.5. The van der Waals surface area contributed by atoms with E-state index in [1.165, 1.54) is 17.7 Å². The molecular formula is C16H17ClFN3. The molecular weight excluding hydrogens is 289 g/mol. The molecule has 3 nitrogen and oxygen atoms in total. The minimum atomic E-state index is -0.325.